The van der Waals surface area contributed by atoms with E-state index in [0.717, 1.165) is 22.2 Å². The minimum absolute atomic E-state index is 0.275. The van der Waals surface area contributed by atoms with Crippen LogP contribution in [-0.4, -0.2) is 21.9 Å². The maximum atomic E-state index is 12.8. The molecule has 0 spiro atoms. The molecule has 0 fully saturated rings. The number of nitrogens with one attached hydrogen (secondary N) is 1. The number of carbonyl (C=O) groups is 1. The van der Waals surface area contributed by atoms with Gasteiger partial charge in [-0.3, -0.25) is 14.0 Å². The van der Waals surface area contributed by atoms with Crippen molar-refractivity contribution in [2.75, 3.05) is 11.9 Å². The van der Waals surface area contributed by atoms with Crippen LogP contribution in [0.4, 0.5) is 5.69 Å². The van der Waals surface area contributed by atoms with E-state index >= 15 is 0 Å². The molecule has 0 aliphatic carbocycles. The van der Waals surface area contributed by atoms with Crippen molar-refractivity contribution < 1.29 is 9.53 Å². The third-order valence-electron chi connectivity index (χ3n) is 4.57. The molecule has 0 bridgehead atoms. The number of hydrogen-bond acceptors (Lipinski definition) is 5. The Balaban J connectivity index is 1.76. The highest BCUT2D eigenvalue weighted by molar-refractivity contribution is 7.18. The van der Waals surface area contributed by atoms with Crippen LogP contribution >= 0.6 is 11.3 Å². The zero-order chi connectivity index (χ0) is 19.8. The average molecular weight is 393 g/mol. The number of ether oxygens (including phenoxy) is 1. The van der Waals surface area contributed by atoms with Gasteiger partial charge in [0, 0.05) is 6.07 Å². The van der Waals surface area contributed by atoms with Crippen molar-refractivity contribution in [2.45, 2.75) is 20.8 Å². The van der Waals surface area contributed by atoms with Gasteiger partial charge in [-0.25, -0.2) is 4.98 Å². The van der Waals surface area contributed by atoms with Crippen LogP contribution in [0.2, 0.25) is 0 Å². The summed E-state index contributed by atoms with van der Waals surface area (Å²) in [6, 6.07) is 12.5. The van der Waals surface area contributed by atoms with Gasteiger partial charge in [0.25, 0.3) is 11.5 Å². The lowest BCUT2D eigenvalue weighted by Crippen LogP contribution is -2.17. The molecular formula is C21H19N3O3S. The van der Waals surface area contributed by atoms with Gasteiger partial charge < -0.3 is 10.1 Å². The first-order valence-electron chi connectivity index (χ1n) is 8.94. The standard InChI is InChI=1S/C21H19N3O3S/c1-4-27-17-8-6-5-7-14(17)22-20(26)18-11-19(25)24-16-10-13(3)12(2)9-15(16)23-21(24)28-18/h5-11H,4H2,1-3H3,(H,22,26). The summed E-state index contributed by atoms with van der Waals surface area (Å²) in [4.78, 5) is 30.8. The molecule has 2 aromatic heterocycles. The second-order valence-electron chi connectivity index (χ2n) is 6.49. The van der Waals surface area contributed by atoms with Crippen molar-refractivity contribution >= 4 is 38.9 Å². The SMILES string of the molecule is CCOc1ccccc1NC(=O)c1cc(=O)n2c(nc3cc(C)c(C)cc32)s1. The summed E-state index contributed by atoms with van der Waals surface area (Å²) in [5.41, 5.74) is 3.99. The van der Waals surface area contributed by atoms with E-state index in [1.807, 2.05) is 45.0 Å². The fourth-order valence-corrected chi connectivity index (χ4v) is 3.97. The molecule has 4 rings (SSSR count). The lowest BCUT2D eigenvalue weighted by molar-refractivity contribution is 0.102. The lowest BCUT2D eigenvalue weighted by Gasteiger charge is -2.10. The first-order valence-corrected chi connectivity index (χ1v) is 9.76. The molecule has 0 atom stereocenters. The number of anilines is 1. The Morgan fingerprint density at radius 1 is 1.18 bits per heavy atom. The maximum Gasteiger partial charge on any atom is 0.266 e. The zero-order valence-electron chi connectivity index (χ0n) is 15.8. The second kappa shape index (κ2) is 7.09. The highest BCUT2D eigenvalue weighted by Crippen LogP contribution is 2.26. The first kappa shape index (κ1) is 18.2. The molecule has 0 aliphatic rings. The van der Waals surface area contributed by atoms with Crippen molar-refractivity contribution in [1.82, 2.24) is 9.38 Å². The van der Waals surface area contributed by atoms with E-state index in [0.29, 0.717) is 27.9 Å². The molecule has 142 valence electrons. The van der Waals surface area contributed by atoms with E-state index in [9.17, 15) is 9.59 Å². The van der Waals surface area contributed by atoms with Gasteiger partial charge in [-0.2, -0.15) is 0 Å². The van der Waals surface area contributed by atoms with E-state index in [-0.39, 0.29) is 11.5 Å². The van der Waals surface area contributed by atoms with Crippen LogP contribution in [0.15, 0.2) is 47.3 Å². The third kappa shape index (κ3) is 3.14. The molecule has 2 heterocycles. The number of imidazole rings is 1. The Labute approximate surface area is 165 Å². The predicted molar refractivity (Wildman–Crippen MR) is 112 cm³/mol. The van der Waals surface area contributed by atoms with Crippen molar-refractivity contribution in [3.8, 4) is 5.75 Å². The van der Waals surface area contributed by atoms with Crippen molar-refractivity contribution in [3.63, 3.8) is 0 Å². The summed E-state index contributed by atoms with van der Waals surface area (Å²) in [5, 5.41) is 2.83. The number of para-hydroxylation sites is 2. The smallest absolute Gasteiger partial charge is 0.266 e. The van der Waals surface area contributed by atoms with Gasteiger partial charge in [-0.05, 0) is 56.2 Å². The molecule has 0 unspecified atom stereocenters. The Morgan fingerprint density at radius 2 is 1.93 bits per heavy atom. The van der Waals surface area contributed by atoms with Crippen LogP contribution in [0.25, 0.3) is 16.0 Å². The molecule has 0 saturated heterocycles. The minimum atomic E-state index is -0.365. The highest BCUT2D eigenvalue weighted by atomic mass is 32.1. The normalized spacial score (nSPS) is 11.1. The number of rotatable bonds is 4. The number of hydrogen-bond donors (Lipinski definition) is 1. The number of nitrogens with zero attached hydrogens (tertiary/aromatic N) is 2. The fourth-order valence-electron chi connectivity index (χ4n) is 3.04. The van der Waals surface area contributed by atoms with Gasteiger partial charge in [0.05, 0.1) is 23.3 Å². The predicted octanol–water partition coefficient (Wildman–Crippen LogP) is 4.18. The Bertz CT molecular complexity index is 1270. The van der Waals surface area contributed by atoms with Crippen molar-refractivity contribution in [3.05, 3.63) is 68.8 Å². The largest absolute Gasteiger partial charge is 0.492 e. The Kier molecular flexibility index (Phi) is 4.60. The van der Waals surface area contributed by atoms with Crippen molar-refractivity contribution in [2.24, 2.45) is 0 Å². The summed E-state index contributed by atoms with van der Waals surface area (Å²) >= 11 is 1.18. The summed E-state index contributed by atoms with van der Waals surface area (Å²) in [5.74, 6) is 0.223. The second-order valence-corrected chi connectivity index (χ2v) is 7.50. The fraction of sp³-hybridized carbons (Fsp3) is 0.190. The van der Waals surface area contributed by atoms with Crippen LogP contribution in [0, 0.1) is 13.8 Å². The monoisotopic (exact) mass is 393 g/mol. The molecule has 0 radical (unpaired) electrons. The van der Waals surface area contributed by atoms with Crippen LogP contribution in [0.3, 0.4) is 0 Å². The Hall–Kier alpha value is -3.19. The topological polar surface area (TPSA) is 72.7 Å². The average Bonchev–Trinajstić information content (AvgIpc) is 3.01. The van der Waals surface area contributed by atoms with Crippen LogP contribution in [0.5, 0.6) is 5.75 Å². The van der Waals surface area contributed by atoms with Crippen LogP contribution in [0.1, 0.15) is 27.7 Å². The number of amides is 1. The number of fused-ring (bicyclic) bond motifs is 3. The number of aromatic nitrogens is 2. The minimum Gasteiger partial charge on any atom is -0.492 e. The zero-order valence-corrected chi connectivity index (χ0v) is 16.6. The molecule has 1 N–H and O–H groups in total. The van der Waals surface area contributed by atoms with E-state index in [1.54, 1.807) is 16.5 Å². The lowest BCUT2D eigenvalue weighted by atomic mass is 10.1. The molecule has 1 amide bonds. The summed E-state index contributed by atoms with van der Waals surface area (Å²) in [6.07, 6.45) is 0. The molecular weight excluding hydrogens is 374 g/mol. The van der Waals surface area contributed by atoms with Gasteiger partial charge in [-0.15, -0.1) is 0 Å². The molecule has 7 heteroatoms. The van der Waals surface area contributed by atoms with E-state index < -0.39 is 0 Å². The molecule has 0 saturated carbocycles. The number of aryl methyl sites for hydroxylation is 2. The quantitative estimate of drug-likeness (QED) is 0.565. The number of carbonyl (C=O) groups excluding carboxylic acids is 1. The molecule has 0 aliphatic heterocycles. The first-order chi connectivity index (χ1) is 13.5. The van der Waals surface area contributed by atoms with Crippen molar-refractivity contribution in [1.29, 1.82) is 0 Å². The third-order valence-corrected chi connectivity index (χ3v) is 5.55. The van der Waals surface area contributed by atoms with Gasteiger partial charge in [0.15, 0.2) is 4.96 Å². The van der Waals surface area contributed by atoms with Gasteiger partial charge in [0.2, 0.25) is 0 Å². The van der Waals surface area contributed by atoms with Gasteiger partial charge in [-0.1, -0.05) is 23.5 Å². The summed E-state index contributed by atoms with van der Waals surface area (Å²) in [6.45, 7) is 6.38. The van der Waals surface area contributed by atoms with E-state index in [4.69, 9.17) is 4.74 Å². The molecule has 28 heavy (non-hydrogen) atoms. The highest BCUT2D eigenvalue weighted by Gasteiger charge is 2.16. The molecule has 6 nitrogen and oxygen atoms in total. The summed E-state index contributed by atoms with van der Waals surface area (Å²) in [7, 11) is 0. The van der Waals surface area contributed by atoms with Crippen LogP contribution in [-0.2, 0) is 0 Å². The van der Waals surface area contributed by atoms with Crippen LogP contribution < -0.4 is 15.6 Å². The number of benzene rings is 2. The summed E-state index contributed by atoms with van der Waals surface area (Å²) < 4.78 is 7.09. The van der Waals surface area contributed by atoms with Gasteiger partial charge >= 0.3 is 0 Å². The molecule has 4 aromatic rings. The van der Waals surface area contributed by atoms with E-state index in [2.05, 4.69) is 10.3 Å². The van der Waals surface area contributed by atoms with E-state index in [1.165, 1.54) is 17.4 Å². The molecule has 2 aromatic carbocycles. The maximum absolute atomic E-state index is 12.8. The Morgan fingerprint density at radius 3 is 2.71 bits per heavy atom. The van der Waals surface area contributed by atoms with Gasteiger partial charge in [0.1, 0.15) is 10.6 Å².